The standard InChI is InChI=1S/C16H23N3O2S2/c1-12-8-13(2)10-19(9-12)23(20,21)18(3)11-16-17-14-6-4-5-7-15(14)22-16/h4-7,12-13H,8-11H2,1-3H3. The summed E-state index contributed by atoms with van der Waals surface area (Å²) < 4.78 is 29.8. The van der Waals surface area contributed by atoms with Crippen LogP contribution in [0, 0.1) is 11.8 Å². The van der Waals surface area contributed by atoms with Crippen LogP contribution in [0.1, 0.15) is 25.3 Å². The SMILES string of the molecule is CC1CC(C)CN(S(=O)(=O)N(C)Cc2nc3ccccc3s2)C1. The molecule has 1 aliphatic heterocycles. The van der Waals surface area contributed by atoms with Crippen molar-refractivity contribution in [3.8, 4) is 0 Å². The predicted molar refractivity (Wildman–Crippen MR) is 94.5 cm³/mol. The number of hydrogen-bond acceptors (Lipinski definition) is 4. The van der Waals surface area contributed by atoms with Gasteiger partial charge in [0, 0.05) is 20.1 Å². The maximum absolute atomic E-state index is 12.8. The lowest BCUT2D eigenvalue weighted by Gasteiger charge is -2.36. The lowest BCUT2D eigenvalue weighted by atomic mass is 9.94. The van der Waals surface area contributed by atoms with E-state index in [0.29, 0.717) is 31.5 Å². The average Bonchev–Trinajstić information content (AvgIpc) is 2.88. The van der Waals surface area contributed by atoms with Crippen LogP contribution >= 0.6 is 11.3 Å². The summed E-state index contributed by atoms with van der Waals surface area (Å²) >= 11 is 1.55. The summed E-state index contributed by atoms with van der Waals surface area (Å²) in [6.07, 6.45) is 1.09. The highest BCUT2D eigenvalue weighted by molar-refractivity contribution is 7.86. The predicted octanol–water partition coefficient (Wildman–Crippen LogP) is 2.95. The second-order valence-electron chi connectivity index (χ2n) is 6.60. The second-order valence-corrected chi connectivity index (χ2v) is 9.75. The smallest absolute Gasteiger partial charge is 0.240 e. The maximum atomic E-state index is 12.8. The third kappa shape index (κ3) is 3.57. The van der Waals surface area contributed by atoms with E-state index < -0.39 is 10.2 Å². The van der Waals surface area contributed by atoms with E-state index in [2.05, 4.69) is 18.8 Å². The van der Waals surface area contributed by atoms with E-state index in [-0.39, 0.29) is 0 Å². The first-order chi connectivity index (χ1) is 10.9. The van der Waals surface area contributed by atoms with E-state index in [0.717, 1.165) is 21.6 Å². The second kappa shape index (κ2) is 6.47. The van der Waals surface area contributed by atoms with Gasteiger partial charge in [0.2, 0.25) is 0 Å². The van der Waals surface area contributed by atoms with Crippen LogP contribution in [-0.2, 0) is 16.8 Å². The zero-order chi connectivity index (χ0) is 16.6. The van der Waals surface area contributed by atoms with Gasteiger partial charge in [0.15, 0.2) is 0 Å². The van der Waals surface area contributed by atoms with Gasteiger partial charge in [0.05, 0.1) is 16.8 Å². The Morgan fingerprint density at radius 1 is 1.26 bits per heavy atom. The van der Waals surface area contributed by atoms with Crippen molar-refractivity contribution in [1.29, 1.82) is 0 Å². The Bertz CT molecular complexity index is 744. The van der Waals surface area contributed by atoms with Gasteiger partial charge in [-0.05, 0) is 30.4 Å². The monoisotopic (exact) mass is 353 g/mol. The number of rotatable bonds is 4. The summed E-state index contributed by atoms with van der Waals surface area (Å²) in [5.74, 6) is 0.814. The summed E-state index contributed by atoms with van der Waals surface area (Å²) in [6.45, 7) is 5.77. The molecule has 126 valence electrons. The van der Waals surface area contributed by atoms with Crippen LogP contribution in [0.2, 0.25) is 0 Å². The van der Waals surface area contributed by atoms with Crippen LogP contribution in [0.4, 0.5) is 0 Å². The fourth-order valence-corrected chi connectivity index (χ4v) is 5.92. The fourth-order valence-electron chi connectivity index (χ4n) is 3.25. The summed E-state index contributed by atoms with van der Waals surface area (Å²) in [7, 11) is -1.79. The van der Waals surface area contributed by atoms with Gasteiger partial charge in [-0.2, -0.15) is 17.0 Å². The number of benzene rings is 1. The van der Waals surface area contributed by atoms with Gasteiger partial charge in [0.25, 0.3) is 10.2 Å². The Kier molecular flexibility index (Phi) is 4.73. The minimum atomic E-state index is -3.43. The first-order valence-electron chi connectivity index (χ1n) is 7.92. The van der Waals surface area contributed by atoms with Crippen molar-refractivity contribution in [3.05, 3.63) is 29.3 Å². The van der Waals surface area contributed by atoms with Gasteiger partial charge in [-0.3, -0.25) is 0 Å². The third-order valence-corrected chi connectivity index (χ3v) is 7.14. The molecule has 0 bridgehead atoms. The van der Waals surface area contributed by atoms with Gasteiger partial charge in [-0.15, -0.1) is 11.3 Å². The molecule has 0 saturated carbocycles. The van der Waals surface area contributed by atoms with Crippen molar-refractivity contribution < 1.29 is 8.42 Å². The van der Waals surface area contributed by atoms with E-state index in [1.165, 1.54) is 4.31 Å². The Hall–Kier alpha value is -1.02. The van der Waals surface area contributed by atoms with Gasteiger partial charge >= 0.3 is 0 Å². The molecule has 5 nitrogen and oxygen atoms in total. The molecule has 1 fully saturated rings. The van der Waals surface area contributed by atoms with Crippen LogP contribution in [0.5, 0.6) is 0 Å². The lowest BCUT2D eigenvalue weighted by Crippen LogP contribution is -2.48. The molecule has 1 aromatic carbocycles. The Morgan fingerprint density at radius 2 is 1.91 bits per heavy atom. The highest BCUT2D eigenvalue weighted by Gasteiger charge is 2.33. The van der Waals surface area contributed by atoms with Crippen molar-refractivity contribution in [2.24, 2.45) is 11.8 Å². The normalized spacial score (nSPS) is 23.7. The Morgan fingerprint density at radius 3 is 2.57 bits per heavy atom. The van der Waals surface area contributed by atoms with Crippen molar-refractivity contribution in [2.45, 2.75) is 26.8 Å². The number of nitrogens with zero attached hydrogens (tertiary/aromatic N) is 3. The molecule has 2 aromatic rings. The average molecular weight is 354 g/mol. The Labute approximate surface area is 142 Å². The molecule has 3 rings (SSSR count). The molecule has 1 saturated heterocycles. The lowest BCUT2D eigenvalue weighted by molar-refractivity contribution is 0.211. The van der Waals surface area contributed by atoms with E-state index in [9.17, 15) is 8.42 Å². The molecule has 0 amide bonds. The number of piperidine rings is 1. The Balaban J connectivity index is 1.77. The summed E-state index contributed by atoms with van der Waals surface area (Å²) in [5, 5.41) is 0.829. The third-order valence-electron chi connectivity index (χ3n) is 4.25. The molecule has 0 N–H and O–H groups in total. The molecule has 0 aliphatic carbocycles. The zero-order valence-electron chi connectivity index (χ0n) is 13.8. The zero-order valence-corrected chi connectivity index (χ0v) is 15.4. The van der Waals surface area contributed by atoms with Crippen molar-refractivity contribution in [2.75, 3.05) is 20.1 Å². The van der Waals surface area contributed by atoms with Crippen molar-refractivity contribution >= 4 is 31.8 Å². The van der Waals surface area contributed by atoms with Crippen molar-refractivity contribution in [3.63, 3.8) is 0 Å². The highest BCUT2D eigenvalue weighted by Crippen LogP contribution is 2.26. The molecular weight excluding hydrogens is 330 g/mol. The topological polar surface area (TPSA) is 53.5 Å². The van der Waals surface area contributed by atoms with Crippen LogP contribution in [-0.4, -0.2) is 42.1 Å². The van der Waals surface area contributed by atoms with Gasteiger partial charge in [0.1, 0.15) is 5.01 Å². The quantitative estimate of drug-likeness (QED) is 0.849. The number of aromatic nitrogens is 1. The number of thiazole rings is 1. The van der Waals surface area contributed by atoms with Crippen molar-refractivity contribution in [1.82, 2.24) is 13.6 Å². The van der Waals surface area contributed by atoms with Gasteiger partial charge in [-0.25, -0.2) is 4.98 Å². The van der Waals surface area contributed by atoms with E-state index in [4.69, 9.17) is 0 Å². The summed E-state index contributed by atoms with van der Waals surface area (Å²) in [4.78, 5) is 4.54. The fraction of sp³-hybridized carbons (Fsp3) is 0.562. The summed E-state index contributed by atoms with van der Waals surface area (Å²) in [5.41, 5.74) is 0.929. The first-order valence-corrected chi connectivity index (χ1v) is 10.1. The highest BCUT2D eigenvalue weighted by atomic mass is 32.2. The van der Waals surface area contributed by atoms with Crippen LogP contribution in [0.3, 0.4) is 0 Å². The summed E-state index contributed by atoms with van der Waals surface area (Å²) in [6, 6.07) is 7.89. The molecular formula is C16H23N3O2S2. The van der Waals surface area contributed by atoms with E-state index in [1.54, 1.807) is 22.7 Å². The molecule has 0 spiro atoms. The molecule has 2 atom stereocenters. The van der Waals surface area contributed by atoms with Gasteiger partial charge < -0.3 is 0 Å². The molecule has 7 heteroatoms. The molecule has 1 aliphatic rings. The largest absolute Gasteiger partial charge is 0.282 e. The molecule has 1 aromatic heterocycles. The molecule has 23 heavy (non-hydrogen) atoms. The molecule has 2 heterocycles. The first kappa shape index (κ1) is 16.8. The number of para-hydroxylation sites is 1. The molecule has 0 radical (unpaired) electrons. The van der Waals surface area contributed by atoms with Crippen LogP contribution in [0.25, 0.3) is 10.2 Å². The van der Waals surface area contributed by atoms with E-state index in [1.807, 2.05) is 24.3 Å². The van der Waals surface area contributed by atoms with E-state index >= 15 is 0 Å². The minimum absolute atomic E-state index is 0.320. The van der Waals surface area contributed by atoms with Crippen LogP contribution in [0.15, 0.2) is 24.3 Å². The minimum Gasteiger partial charge on any atom is -0.240 e. The van der Waals surface area contributed by atoms with Gasteiger partial charge in [-0.1, -0.05) is 26.0 Å². The molecule has 2 unspecified atom stereocenters. The number of hydrogen-bond donors (Lipinski definition) is 0. The van der Waals surface area contributed by atoms with Crippen LogP contribution < -0.4 is 0 Å². The maximum Gasteiger partial charge on any atom is 0.282 e. The number of fused-ring (bicyclic) bond motifs is 1.